The molecule has 0 aromatic heterocycles. The van der Waals surface area contributed by atoms with Crippen LogP contribution in [0.1, 0.15) is 97.8 Å². The number of hydrogen-bond donors (Lipinski definition) is 2. The number of aliphatic hydroxyl groups is 2. The van der Waals surface area contributed by atoms with Gasteiger partial charge in [-0.05, 0) is 56.4 Å². The van der Waals surface area contributed by atoms with E-state index in [4.69, 9.17) is 14.6 Å². The molecule has 1 unspecified atom stereocenters. The number of hydrogen-bond acceptors (Lipinski definition) is 4. The Bertz CT molecular complexity index is 779. The molecule has 0 aliphatic rings. The highest BCUT2D eigenvalue weighted by Gasteiger charge is 2.32. The largest absolute Gasteiger partial charge is 0.508 e. The molecule has 36 heavy (non-hydrogen) atoms. The number of benzene rings is 1. The summed E-state index contributed by atoms with van der Waals surface area (Å²) in [6.07, 6.45) is 10.2. The first-order valence-electron chi connectivity index (χ1n) is 13.0. The first-order valence-corrected chi connectivity index (χ1v) is 13.0. The van der Waals surface area contributed by atoms with Gasteiger partial charge in [-0.2, -0.15) is 0 Å². The van der Waals surface area contributed by atoms with E-state index in [9.17, 15) is 9.50 Å². The topological polar surface area (TPSA) is 58.9 Å². The molecule has 0 radical (unpaired) electrons. The molecule has 1 atom stereocenters. The molecule has 4 nitrogen and oxygen atoms in total. The van der Waals surface area contributed by atoms with Crippen molar-refractivity contribution < 1.29 is 24.1 Å². The minimum Gasteiger partial charge on any atom is -0.508 e. The van der Waals surface area contributed by atoms with Gasteiger partial charge in [-0.3, -0.25) is 0 Å². The zero-order valence-electron chi connectivity index (χ0n) is 24.6. The number of methoxy groups -OCH3 is 1. The number of halogens is 1. The molecule has 0 saturated carbocycles. The molecule has 2 N–H and O–H groups in total. The van der Waals surface area contributed by atoms with Crippen molar-refractivity contribution >= 4 is 17.9 Å². The Morgan fingerprint density at radius 3 is 2.11 bits per heavy atom. The maximum atomic E-state index is 14.5. The lowest BCUT2D eigenvalue weighted by Gasteiger charge is -2.33. The van der Waals surface area contributed by atoms with Gasteiger partial charge in [0.25, 0.3) is 0 Å². The van der Waals surface area contributed by atoms with Crippen LogP contribution in [0.5, 0.6) is 5.75 Å². The molecular weight excluding hydrogens is 455 g/mol. The van der Waals surface area contributed by atoms with E-state index < -0.39 is 5.60 Å². The zero-order chi connectivity index (χ0) is 28.7. The minimum absolute atomic E-state index is 0.0230. The predicted molar refractivity (Wildman–Crippen MR) is 157 cm³/mol. The summed E-state index contributed by atoms with van der Waals surface area (Å²) < 4.78 is 25.9. The summed E-state index contributed by atoms with van der Waals surface area (Å²) in [5, 5.41) is 17.0. The van der Waals surface area contributed by atoms with Crippen LogP contribution in [0.3, 0.4) is 0 Å². The van der Waals surface area contributed by atoms with E-state index in [1.54, 1.807) is 25.3 Å². The summed E-state index contributed by atoms with van der Waals surface area (Å²) in [6, 6.07) is 3.65. The summed E-state index contributed by atoms with van der Waals surface area (Å²) in [5.41, 5.74) is 1.57. The first kappa shape index (κ1) is 38.2. The second-order valence-corrected chi connectivity index (χ2v) is 7.81. The summed E-state index contributed by atoms with van der Waals surface area (Å²) in [4.78, 5) is 0. The predicted octanol–water partition coefficient (Wildman–Crippen LogP) is 9.41. The average Bonchev–Trinajstić information content (AvgIpc) is 2.89. The Hall–Kier alpha value is -2.37. The van der Waals surface area contributed by atoms with Crippen molar-refractivity contribution in [3.05, 3.63) is 60.0 Å². The van der Waals surface area contributed by atoms with Crippen molar-refractivity contribution in [2.24, 2.45) is 5.92 Å². The molecule has 0 saturated heterocycles. The Labute approximate surface area is 221 Å². The molecule has 0 aliphatic carbocycles. The van der Waals surface area contributed by atoms with Crippen LogP contribution in [0.15, 0.2) is 43.3 Å². The number of ether oxygens (including phenoxy) is 2. The van der Waals surface area contributed by atoms with Crippen molar-refractivity contribution in [1.82, 2.24) is 0 Å². The van der Waals surface area contributed by atoms with Crippen molar-refractivity contribution in [3.63, 3.8) is 0 Å². The van der Waals surface area contributed by atoms with Gasteiger partial charge < -0.3 is 19.7 Å². The molecule has 0 amide bonds. The van der Waals surface area contributed by atoms with E-state index >= 15 is 0 Å². The molecule has 1 rings (SSSR count). The van der Waals surface area contributed by atoms with Gasteiger partial charge in [0, 0.05) is 18.6 Å². The fourth-order valence-corrected chi connectivity index (χ4v) is 3.55. The van der Waals surface area contributed by atoms with Crippen molar-refractivity contribution in [3.8, 4) is 5.75 Å². The van der Waals surface area contributed by atoms with Gasteiger partial charge in [0.2, 0.25) is 0 Å². The maximum Gasteiger partial charge on any atom is 0.120 e. The van der Waals surface area contributed by atoms with Crippen molar-refractivity contribution in [1.29, 1.82) is 0 Å². The van der Waals surface area contributed by atoms with Gasteiger partial charge in [0.1, 0.15) is 17.3 Å². The minimum atomic E-state index is -0.587. The summed E-state index contributed by atoms with van der Waals surface area (Å²) >= 11 is 0. The highest BCUT2D eigenvalue weighted by Crippen LogP contribution is 2.33. The van der Waals surface area contributed by atoms with E-state index in [-0.39, 0.29) is 17.5 Å². The van der Waals surface area contributed by atoms with Gasteiger partial charge in [-0.1, -0.05) is 85.4 Å². The number of aliphatic hydroxyl groups excluding tert-OH is 2. The molecular formula is C31H53FO4. The zero-order valence-corrected chi connectivity index (χ0v) is 24.6. The molecule has 1 aromatic carbocycles. The van der Waals surface area contributed by atoms with Crippen LogP contribution in [0, 0.1) is 5.92 Å². The van der Waals surface area contributed by atoms with Crippen molar-refractivity contribution in [2.45, 2.75) is 86.7 Å². The Morgan fingerprint density at radius 2 is 1.67 bits per heavy atom. The van der Waals surface area contributed by atoms with Crippen LogP contribution in [0.2, 0.25) is 0 Å². The standard InChI is InChI=1S/C26H37FO3.2C2H6.CH4O/c1-8-13-23(24(27)14-9-2)26(5,6)30-16-12-11-15-21-18-22(29-7)17-20(10-3)25(21)19(4)28;3*1-2/h10-11,14-15,17-18,23,28H,3-4,8-9,12-13,16H2,1-2,5-7H3;2*1-2H3;2H,1H3/b15-11+,24-14+;;;. The fourth-order valence-electron chi connectivity index (χ4n) is 3.55. The summed E-state index contributed by atoms with van der Waals surface area (Å²) in [5.74, 6) is 0.321. The third-order valence-corrected chi connectivity index (χ3v) is 5.12. The third kappa shape index (κ3) is 13.6. The van der Waals surface area contributed by atoms with Gasteiger partial charge >= 0.3 is 0 Å². The quantitative estimate of drug-likeness (QED) is 0.206. The Morgan fingerprint density at radius 1 is 1.11 bits per heavy atom. The van der Waals surface area contributed by atoms with E-state index in [0.29, 0.717) is 30.8 Å². The number of rotatable bonds is 13. The average molecular weight is 509 g/mol. The normalized spacial score (nSPS) is 11.7. The first-order chi connectivity index (χ1) is 17.2. The number of allylic oxidation sites excluding steroid dienone is 1. The molecule has 1 aromatic rings. The van der Waals surface area contributed by atoms with Crippen LogP contribution >= 0.6 is 0 Å². The van der Waals surface area contributed by atoms with E-state index in [2.05, 4.69) is 20.1 Å². The molecule has 0 heterocycles. The molecule has 5 heteroatoms. The molecule has 0 spiro atoms. The summed E-state index contributed by atoms with van der Waals surface area (Å²) in [6.45, 7) is 23.8. The van der Waals surface area contributed by atoms with Gasteiger partial charge in [-0.25, -0.2) is 4.39 Å². The highest BCUT2D eigenvalue weighted by molar-refractivity contribution is 5.78. The Balaban J connectivity index is -0.00000168. The van der Waals surface area contributed by atoms with Crippen LogP contribution in [0.4, 0.5) is 4.39 Å². The monoisotopic (exact) mass is 508 g/mol. The maximum absolute atomic E-state index is 14.5. The van der Waals surface area contributed by atoms with Crippen LogP contribution < -0.4 is 4.74 Å². The van der Waals surface area contributed by atoms with E-state index in [1.807, 2.05) is 66.7 Å². The lowest BCUT2D eigenvalue weighted by molar-refractivity contribution is -0.0554. The molecule has 0 aliphatic heterocycles. The highest BCUT2D eigenvalue weighted by atomic mass is 19.1. The van der Waals surface area contributed by atoms with Crippen LogP contribution in [-0.4, -0.2) is 36.6 Å². The van der Waals surface area contributed by atoms with Gasteiger partial charge in [-0.15, -0.1) is 0 Å². The molecule has 0 bridgehead atoms. The SMILES string of the molecule is C=Cc1cc(OC)cc(/C=C/CCOC(C)(C)C(CCC)/C(F)=C\CC)c1C(=C)O.CC.CC.CO. The lowest BCUT2D eigenvalue weighted by atomic mass is 9.85. The summed E-state index contributed by atoms with van der Waals surface area (Å²) in [7, 11) is 2.60. The second-order valence-electron chi connectivity index (χ2n) is 7.81. The smallest absolute Gasteiger partial charge is 0.120 e. The van der Waals surface area contributed by atoms with Gasteiger partial charge in [0.15, 0.2) is 0 Å². The third-order valence-electron chi connectivity index (χ3n) is 5.12. The second kappa shape index (κ2) is 23.1. The van der Waals surface area contributed by atoms with Gasteiger partial charge in [0.05, 0.1) is 19.3 Å². The molecule has 0 fully saturated rings. The van der Waals surface area contributed by atoms with E-state index in [0.717, 1.165) is 31.1 Å². The van der Waals surface area contributed by atoms with Crippen molar-refractivity contribution in [2.75, 3.05) is 20.8 Å². The van der Waals surface area contributed by atoms with E-state index in [1.165, 1.54) is 0 Å². The lowest BCUT2D eigenvalue weighted by Crippen LogP contribution is -2.35. The van der Waals surface area contributed by atoms with Crippen LogP contribution in [0.25, 0.3) is 17.9 Å². The Kier molecular flexibility index (Phi) is 24.4. The van der Waals surface area contributed by atoms with Crippen LogP contribution in [-0.2, 0) is 4.74 Å². The molecule has 208 valence electrons. The fraction of sp³-hybridized carbons (Fsp3) is 0.548.